The monoisotopic (exact) mass is 239 g/mol. The number of ether oxygens (including phenoxy) is 2. The zero-order chi connectivity index (χ0) is 12.5. The number of hydrogen-bond acceptors (Lipinski definition) is 5. The number of nitrogens with one attached hydrogen (secondary N) is 1. The maximum absolute atomic E-state index is 11.1. The van der Waals surface area contributed by atoms with E-state index >= 15 is 0 Å². The van der Waals surface area contributed by atoms with Crippen LogP contribution in [0.2, 0.25) is 0 Å². The van der Waals surface area contributed by atoms with Crippen molar-refractivity contribution < 1.29 is 14.3 Å². The Labute approximate surface area is 100 Å². The minimum atomic E-state index is -0.0898. The highest BCUT2D eigenvalue weighted by Crippen LogP contribution is 2.07. The molecule has 1 heterocycles. The lowest BCUT2D eigenvalue weighted by Crippen LogP contribution is -2.11. The van der Waals surface area contributed by atoms with Crippen molar-refractivity contribution in [3.63, 3.8) is 0 Å². The first-order chi connectivity index (χ1) is 8.26. The molecule has 1 rings (SSSR count). The van der Waals surface area contributed by atoms with Gasteiger partial charge in [-0.2, -0.15) is 0 Å². The molecule has 0 saturated carbocycles. The predicted molar refractivity (Wildman–Crippen MR) is 62.9 cm³/mol. The van der Waals surface area contributed by atoms with E-state index < -0.39 is 0 Å². The van der Waals surface area contributed by atoms with E-state index in [9.17, 15) is 4.79 Å². The van der Waals surface area contributed by atoms with Gasteiger partial charge in [0.15, 0.2) is 5.82 Å². The van der Waals surface area contributed by atoms with Crippen LogP contribution in [0.25, 0.3) is 0 Å². The second-order valence-electron chi connectivity index (χ2n) is 3.34. The number of amides is 1. The molecule has 0 unspecified atom stereocenters. The average Bonchev–Trinajstić information content (AvgIpc) is 2.36. The molecule has 0 saturated heterocycles. The van der Waals surface area contributed by atoms with Crippen molar-refractivity contribution in [2.24, 2.45) is 0 Å². The van der Waals surface area contributed by atoms with Crippen LogP contribution < -0.4 is 10.1 Å². The van der Waals surface area contributed by atoms with Gasteiger partial charge < -0.3 is 14.8 Å². The summed E-state index contributed by atoms with van der Waals surface area (Å²) in [6.45, 7) is 2.96. The van der Waals surface area contributed by atoms with Crippen molar-refractivity contribution in [2.75, 3.05) is 25.6 Å². The number of carbonyl (C=O) groups excluding carboxylic acids is 1. The minimum absolute atomic E-state index is 0.0898. The van der Waals surface area contributed by atoms with E-state index in [-0.39, 0.29) is 5.91 Å². The van der Waals surface area contributed by atoms with Crippen LogP contribution in [0.1, 0.15) is 19.8 Å². The Balaban J connectivity index is 2.36. The van der Waals surface area contributed by atoms with E-state index in [0.29, 0.717) is 31.3 Å². The van der Waals surface area contributed by atoms with Crippen LogP contribution in [0.3, 0.4) is 0 Å². The molecule has 0 radical (unpaired) electrons. The van der Waals surface area contributed by atoms with Gasteiger partial charge in [0.05, 0.1) is 19.0 Å². The van der Waals surface area contributed by atoms with E-state index in [1.807, 2.05) is 0 Å². The zero-order valence-corrected chi connectivity index (χ0v) is 10.1. The van der Waals surface area contributed by atoms with Gasteiger partial charge in [0.2, 0.25) is 11.8 Å². The van der Waals surface area contributed by atoms with Crippen molar-refractivity contribution in [3.05, 3.63) is 12.4 Å². The second kappa shape index (κ2) is 7.56. The SMILES string of the molecule is CCC(=O)Nc1cnc(OCCCOC)cn1. The Morgan fingerprint density at radius 3 is 2.76 bits per heavy atom. The van der Waals surface area contributed by atoms with E-state index in [1.54, 1.807) is 14.0 Å². The van der Waals surface area contributed by atoms with E-state index in [4.69, 9.17) is 9.47 Å². The Hall–Kier alpha value is -1.69. The summed E-state index contributed by atoms with van der Waals surface area (Å²) < 4.78 is 10.2. The van der Waals surface area contributed by atoms with Gasteiger partial charge >= 0.3 is 0 Å². The molecule has 0 aliphatic carbocycles. The summed E-state index contributed by atoms with van der Waals surface area (Å²) in [5.41, 5.74) is 0. The van der Waals surface area contributed by atoms with E-state index in [1.165, 1.54) is 12.4 Å². The van der Waals surface area contributed by atoms with E-state index in [0.717, 1.165) is 6.42 Å². The van der Waals surface area contributed by atoms with Crippen LogP contribution in [-0.4, -0.2) is 36.2 Å². The van der Waals surface area contributed by atoms with Crippen molar-refractivity contribution in [3.8, 4) is 5.88 Å². The minimum Gasteiger partial charge on any atom is -0.476 e. The van der Waals surface area contributed by atoms with Gasteiger partial charge in [-0.3, -0.25) is 4.79 Å². The van der Waals surface area contributed by atoms with Gasteiger partial charge in [-0.05, 0) is 0 Å². The van der Waals surface area contributed by atoms with Crippen molar-refractivity contribution in [2.45, 2.75) is 19.8 Å². The van der Waals surface area contributed by atoms with E-state index in [2.05, 4.69) is 15.3 Å². The summed E-state index contributed by atoms with van der Waals surface area (Å²) in [5.74, 6) is 0.782. The first-order valence-electron chi connectivity index (χ1n) is 5.50. The lowest BCUT2D eigenvalue weighted by Gasteiger charge is -2.05. The molecular weight excluding hydrogens is 222 g/mol. The molecule has 17 heavy (non-hydrogen) atoms. The van der Waals surface area contributed by atoms with Gasteiger partial charge in [-0.1, -0.05) is 6.92 Å². The highest BCUT2D eigenvalue weighted by Gasteiger charge is 2.01. The van der Waals surface area contributed by atoms with Gasteiger partial charge in [0.25, 0.3) is 0 Å². The van der Waals surface area contributed by atoms with Crippen molar-refractivity contribution in [1.82, 2.24) is 9.97 Å². The number of anilines is 1. The fourth-order valence-corrected chi connectivity index (χ4v) is 1.07. The summed E-state index contributed by atoms with van der Waals surface area (Å²) in [4.78, 5) is 19.1. The highest BCUT2D eigenvalue weighted by molar-refractivity contribution is 5.89. The number of rotatable bonds is 7. The third kappa shape index (κ3) is 5.26. The predicted octanol–water partition coefficient (Wildman–Crippen LogP) is 1.24. The molecule has 6 heteroatoms. The Morgan fingerprint density at radius 1 is 1.35 bits per heavy atom. The smallest absolute Gasteiger partial charge is 0.232 e. The van der Waals surface area contributed by atoms with Crippen molar-refractivity contribution >= 4 is 11.7 Å². The third-order valence-electron chi connectivity index (χ3n) is 1.96. The van der Waals surface area contributed by atoms with Crippen LogP contribution in [0.5, 0.6) is 5.88 Å². The molecule has 0 atom stereocenters. The fourth-order valence-electron chi connectivity index (χ4n) is 1.07. The van der Waals surface area contributed by atoms with Crippen LogP contribution in [0, 0.1) is 0 Å². The summed E-state index contributed by atoms with van der Waals surface area (Å²) >= 11 is 0. The Morgan fingerprint density at radius 2 is 2.18 bits per heavy atom. The Bertz CT molecular complexity index is 340. The quantitative estimate of drug-likeness (QED) is 0.725. The molecule has 0 bridgehead atoms. The number of methoxy groups -OCH3 is 1. The normalized spacial score (nSPS) is 10.0. The highest BCUT2D eigenvalue weighted by atomic mass is 16.5. The molecule has 94 valence electrons. The first-order valence-corrected chi connectivity index (χ1v) is 5.50. The summed E-state index contributed by atoms with van der Waals surface area (Å²) in [5, 5.41) is 2.61. The number of carbonyl (C=O) groups is 1. The van der Waals surface area contributed by atoms with Crippen LogP contribution in [0.4, 0.5) is 5.82 Å². The van der Waals surface area contributed by atoms with Gasteiger partial charge in [-0.25, -0.2) is 9.97 Å². The number of hydrogen-bond donors (Lipinski definition) is 1. The first kappa shape index (κ1) is 13.4. The van der Waals surface area contributed by atoms with Crippen LogP contribution in [0.15, 0.2) is 12.4 Å². The molecule has 1 aromatic rings. The lowest BCUT2D eigenvalue weighted by atomic mass is 10.4. The summed E-state index contributed by atoms with van der Waals surface area (Å²) in [6, 6.07) is 0. The van der Waals surface area contributed by atoms with Gasteiger partial charge in [-0.15, -0.1) is 0 Å². The molecule has 1 amide bonds. The topological polar surface area (TPSA) is 73.3 Å². The summed E-state index contributed by atoms with van der Waals surface area (Å²) in [6.07, 6.45) is 4.17. The van der Waals surface area contributed by atoms with Gasteiger partial charge in [0, 0.05) is 26.6 Å². The maximum Gasteiger partial charge on any atom is 0.232 e. The second-order valence-corrected chi connectivity index (χ2v) is 3.34. The zero-order valence-electron chi connectivity index (χ0n) is 10.1. The Kier molecular flexibility index (Phi) is 5.95. The fraction of sp³-hybridized carbons (Fsp3) is 0.545. The molecule has 0 spiro atoms. The molecule has 6 nitrogen and oxygen atoms in total. The maximum atomic E-state index is 11.1. The average molecular weight is 239 g/mol. The number of aromatic nitrogens is 2. The molecule has 1 aromatic heterocycles. The van der Waals surface area contributed by atoms with Crippen LogP contribution in [-0.2, 0) is 9.53 Å². The molecule has 0 aliphatic heterocycles. The standard InChI is InChI=1S/C11H17N3O3/c1-3-10(15)14-9-7-13-11(8-12-9)17-6-4-5-16-2/h7-8H,3-6H2,1-2H3,(H,12,14,15). The largest absolute Gasteiger partial charge is 0.476 e. The van der Waals surface area contributed by atoms with Crippen LogP contribution >= 0.6 is 0 Å². The van der Waals surface area contributed by atoms with Crippen molar-refractivity contribution in [1.29, 1.82) is 0 Å². The molecule has 0 aromatic carbocycles. The summed E-state index contributed by atoms with van der Waals surface area (Å²) in [7, 11) is 1.64. The molecule has 0 fully saturated rings. The molecular formula is C11H17N3O3. The number of nitrogens with zero attached hydrogens (tertiary/aromatic N) is 2. The molecule has 0 aliphatic rings. The van der Waals surface area contributed by atoms with Gasteiger partial charge in [0.1, 0.15) is 0 Å². The molecule has 1 N–H and O–H groups in total. The lowest BCUT2D eigenvalue weighted by molar-refractivity contribution is -0.115. The third-order valence-corrected chi connectivity index (χ3v) is 1.96.